The third kappa shape index (κ3) is 3.05. The zero-order valence-corrected chi connectivity index (χ0v) is 13.1. The van der Waals surface area contributed by atoms with E-state index in [0.717, 1.165) is 25.1 Å². The van der Waals surface area contributed by atoms with Crippen molar-refractivity contribution in [2.45, 2.75) is 39.3 Å². The van der Waals surface area contributed by atoms with Crippen molar-refractivity contribution in [1.82, 2.24) is 9.88 Å². The molecule has 1 saturated heterocycles. The van der Waals surface area contributed by atoms with E-state index in [4.69, 9.17) is 23.2 Å². The highest BCUT2D eigenvalue weighted by Gasteiger charge is 2.43. The van der Waals surface area contributed by atoms with Crippen LogP contribution in [0, 0.1) is 5.41 Å². The summed E-state index contributed by atoms with van der Waals surface area (Å²) in [7, 11) is 0. The molecule has 1 fully saturated rings. The van der Waals surface area contributed by atoms with Crippen LogP contribution in [-0.2, 0) is 6.54 Å². The number of hydrogen-bond acceptors (Lipinski definition) is 3. The van der Waals surface area contributed by atoms with E-state index in [1.807, 2.05) is 6.92 Å². The molecule has 2 heterocycles. The first-order valence-electron chi connectivity index (χ1n) is 6.45. The molecule has 0 amide bonds. The Kier molecular flexibility index (Phi) is 4.12. The van der Waals surface area contributed by atoms with E-state index < -0.39 is 5.60 Å². The second-order valence-electron chi connectivity index (χ2n) is 6.20. The fraction of sp³-hybridized carbons (Fsp3) is 0.643. The minimum absolute atomic E-state index is 0.156. The summed E-state index contributed by atoms with van der Waals surface area (Å²) in [6.45, 7) is 8.45. The first-order valence-corrected chi connectivity index (χ1v) is 7.21. The molecule has 0 unspecified atom stereocenters. The minimum atomic E-state index is -0.630. The van der Waals surface area contributed by atoms with Gasteiger partial charge in [-0.1, -0.05) is 37.0 Å². The van der Waals surface area contributed by atoms with Gasteiger partial charge in [-0.25, -0.2) is 0 Å². The Bertz CT molecular complexity index is 454. The molecular formula is C14H20Cl2N2O. The van der Waals surface area contributed by atoms with Crippen molar-refractivity contribution in [2.75, 3.05) is 13.1 Å². The summed E-state index contributed by atoms with van der Waals surface area (Å²) in [5, 5.41) is 11.6. The second-order valence-corrected chi connectivity index (χ2v) is 7.01. The highest BCUT2D eigenvalue weighted by atomic mass is 35.5. The van der Waals surface area contributed by atoms with Gasteiger partial charge in [-0.15, -0.1) is 0 Å². The number of aliphatic hydroxyl groups is 1. The van der Waals surface area contributed by atoms with Crippen LogP contribution in [0.4, 0.5) is 0 Å². The molecular weight excluding hydrogens is 283 g/mol. The van der Waals surface area contributed by atoms with E-state index in [-0.39, 0.29) is 5.41 Å². The molecule has 2 rings (SSSR count). The van der Waals surface area contributed by atoms with Gasteiger partial charge in [0.1, 0.15) is 0 Å². The van der Waals surface area contributed by atoms with E-state index in [1.165, 1.54) is 0 Å². The lowest BCUT2D eigenvalue weighted by Gasteiger charge is -2.48. The van der Waals surface area contributed by atoms with Gasteiger partial charge in [0.2, 0.25) is 0 Å². The number of piperidine rings is 1. The molecule has 5 heteroatoms. The molecule has 0 spiro atoms. The van der Waals surface area contributed by atoms with Crippen LogP contribution in [0.1, 0.15) is 32.8 Å². The molecule has 0 aromatic carbocycles. The molecule has 0 bridgehead atoms. The predicted molar refractivity (Wildman–Crippen MR) is 78.6 cm³/mol. The van der Waals surface area contributed by atoms with Crippen LogP contribution in [0.3, 0.4) is 0 Å². The Morgan fingerprint density at radius 3 is 2.37 bits per heavy atom. The Balaban J connectivity index is 2.14. The van der Waals surface area contributed by atoms with Gasteiger partial charge in [-0.3, -0.25) is 9.88 Å². The van der Waals surface area contributed by atoms with Gasteiger partial charge in [0.05, 0.1) is 15.6 Å². The quantitative estimate of drug-likeness (QED) is 0.910. The lowest BCUT2D eigenvalue weighted by atomic mass is 9.71. The summed E-state index contributed by atoms with van der Waals surface area (Å²) in [5.41, 5.74) is 0.128. The van der Waals surface area contributed by atoms with Crippen molar-refractivity contribution in [3.63, 3.8) is 0 Å². The van der Waals surface area contributed by atoms with Crippen molar-refractivity contribution in [1.29, 1.82) is 0 Å². The van der Waals surface area contributed by atoms with Crippen molar-refractivity contribution in [3.05, 3.63) is 28.0 Å². The zero-order chi connectivity index (χ0) is 14.3. The number of rotatable bonds is 2. The first kappa shape index (κ1) is 15.0. The summed E-state index contributed by atoms with van der Waals surface area (Å²) in [5.74, 6) is 0. The number of hydrogen-bond donors (Lipinski definition) is 1. The standard InChI is InChI=1S/C14H20Cl2N2O/c1-13(2)9-18(5-4-14(13,3)19)8-10-11(15)6-17-7-12(10)16/h6-7,19H,4-5,8-9H2,1-3H3/t14-/m1/s1. The molecule has 19 heavy (non-hydrogen) atoms. The van der Waals surface area contributed by atoms with Crippen LogP contribution in [0.2, 0.25) is 10.0 Å². The smallest absolute Gasteiger partial charge is 0.0694 e. The van der Waals surface area contributed by atoms with Crippen molar-refractivity contribution in [2.24, 2.45) is 5.41 Å². The summed E-state index contributed by atoms with van der Waals surface area (Å²) in [4.78, 5) is 6.25. The summed E-state index contributed by atoms with van der Waals surface area (Å²) in [6.07, 6.45) is 3.99. The molecule has 0 saturated carbocycles. The minimum Gasteiger partial charge on any atom is -0.390 e. The molecule has 3 nitrogen and oxygen atoms in total. The van der Waals surface area contributed by atoms with Crippen LogP contribution < -0.4 is 0 Å². The monoisotopic (exact) mass is 302 g/mol. The summed E-state index contributed by atoms with van der Waals surface area (Å²) >= 11 is 12.3. The first-order chi connectivity index (χ1) is 8.73. The number of halogens is 2. The number of nitrogens with zero attached hydrogens (tertiary/aromatic N) is 2. The number of pyridine rings is 1. The SMILES string of the molecule is CC1(C)CN(Cc2c(Cl)cncc2Cl)CC[C@@]1(C)O. The van der Waals surface area contributed by atoms with E-state index in [2.05, 4.69) is 23.7 Å². The van der Waals surface area contributed by atoms with Gasteiger partial charge in [0, 0.05) is 43.0 Å². The highest BCUT2D eigenvalue weighted by molar-refractivity contribution is 6.35. The largest absolute Gasteiger partial charge is 0.390 e. The second kappa shape index (κ2) is 5.21. The van der Waals surface area contributed by atoms with Crippen LogP contribution in [0.5, 0.6) is 0 Å². The van der Waals surface area contributed by atoms with Crippen LogP contribution in [0.15, 0.2) is 12.4 Å². The van der Waals surface area contributed by atoms with Gasteiger partial charge in [-0.2, -0.15) is 0 Å². The van der Waals surface area contributed by atoms with E-state index >= 15 is 0 Å². The normalized spacial score (nSPS) is 27.5. The van der Waals surface area contributed by atoms with Gasteiger partial charge >= 0.3 is 0 Å². The van der Waals surface area contributed by atoms with Gasteiger partial charge < -0.3 is 5.11 Å². The molecule has 1 N–H and O–H groups in total. The third-order valence-electron chi connectivity index (χ3n) is 4.33. The molecule has 106 valence electrons. The maximum atomic E-state index is 10.4. The summed E-state index contributed by atoms with van der Waals surface area (Å²) < 4.78 is 0. The van der Waals surface area contributed by atoms with Crippen LogP contribution in [0.25, 0.3) is 0 Å². The molecule has 1 atom stereocenters. The Labute approximate surface area is 124 Å². The molecule has 1 aromatic rings. The third-order valence-corrected chi connectivity index (χ3v) is 4.98. The van der Waals surface area contributed by atoms with Crippen molar-refractivity contribution in [3.8, 4) is 0 Å². The van der Waals surface area contributed by atoms with Crippen LogP contribution >= 0.6 is 23.2 Å². The fourth-order valence-electron chi connectivity index (χ4n) is 2.47. The van der Waals surface area contributed by atoms with E-state index in [0.29, 0.717) is 16.6 Å². The maximum absolute atomic E-state index is 10.4. The Morgan fingerprint density at radius 1 is 1.26 bits per heavy atom. The van der Waals surface area contributed by atoms with E-state index in [1.54, 1.807) is 12.4 Å². The molecule has 0 aliphatic carbocycles. The molecule has 1 aromatic heterocycles. The lowest BCUT2D eigenvalue weighted by Crippen LogP contribution is -2.55. The van der Waals surface area contributed by atoms with Crippen LogP contribution in [-0.4, -0.2) is 33.7 Å². The molecule has 1 aliphatic heterocycles. The summed E-state index contributed by atoms with van der Waals surface area (Å²) in [6, 6.07) is 0. The average molecular weight is 303 g/mol. The Hall–Kier alpha value is -0.350. The Morgan fingerprint density at radius 2 is 1.84 bits per heavy atom. The molecule has 1 aliphatic rings. The van der Waals surface area contributed by atoms with Gasteiger partial charge in [0.15, 0.2) is 0 Å². The average Bonchev–Trinajstić information content (AvgIpc) is 2.29. The van der Waals surface area contributed by atoms with Crippen molar-refractivity contribution >= 4 is 23.2 Å². The van der Waals surface area contributed by atoms with Crippen molar-refractivity contribution < 1.29 is 5.11 Å². The van der Waals surface area contributed by atoms with Gasteiger partial charge in [-0.05, 0) is 13.3 Å². The predicted octanol–water partition coefficient (Wildman–Crippen LogP) is 3.37. The van der Waals surface area contributed by atoms with Gasteiger partial charge in [0.25, 0.3) is 0 Å². The molecule has 0 radical (unpaired) electrons. The number of likely N-dealkylation sites (tertiary alicyclic amines) is 1. The maximum Gasteiger partial charge on any atom is 0.0694 e. The number of aromatic nitrogens is 1. The van der Waals surface area contributed by atoms with E-state index in [9.17, 15) is 5.11 Å². The fourth-order valence-corrected chi connectivity index (χ4v) is 2.95. The zero-order valence-electron chi connectivity index (χ0n) is 11.6. The topological polar surface area (TPSA) is 36.4 Å². The highest BCUT2D eigenvalue weighted by Crippen LogP contribution is 2.39. The lowest BCUT2D eigenvalue weighted by molar-refractivity contribution is -0.107.